The Hall–Kier alpha value is -3.27. The number of aromatic nitrogens is 2. The Labute approximate surface area is 152 Å². The Bertz CT molecular complexity index is 1100. The summed E-state index contributed by atoms with van der Waals surface area (Å²) in [7, 11) is 0. The van der Waals surface area contributed by atoms with E-state index >= 15 is 0 Å². The lowest BCUT2D eigenvalue weighted by Crippen LogP contribution is -2.30. The van der Waals surface area contributed by atoms with E-state index in [2.05, 4.69) is 58.4 Å². The van der Waals surface area contributed by atoms with E-state index in [1.807, 2.05) is 18.2 Å². The van der Waals surface area contributed by atoms with Crippen molar-refractivity contribution >= 4 is 22.4 Å². The molecule has 1 aromatic heterocycles. The Kier molecular flexibility index (Phi) is 3.42. The van der Waals surface area contributed by atoms with Crippen LogP contribution in [0.5, 0.6) is 0 Å². The van der Waals surface area contributed by atoms with Crippen molar-refractivity contribution in [2.45, 2.75) is 13.0 Å². The first-order valence-corrected chi connectivity index (χ1v) is 8.94. The average Bonchev–Trinajstić information content (AvgIpc) is 3.14. The number of aromatic amines is 1. The van der Waals surface area contributed by atoms with Gasteiger partial charge in [-0.2, -0.15) is 0 Å². The molecule has 4 aromatic rings. The summed E-state index contributed by atoms with van der Waals surface area (Å²) >= 11 is 0. The molecule has 0 fully saturated rings. The van der Waals surface area contributed by atoms with Gasteiger partial charge < -0.3 is 15.6 Å². The highest BCUT2D eigenvalue weighted by Gasteiger charge is 2.17. The number of imidazole rings is 1. The van der Waals surface area contributed by atoms with Crippen molar-refractivity contribution in [1.82, 2.24) is 9.97 Å². The first-order chi connectivity index (χ1) is 12.8. The Morgan fingerprint density at radius 2 is 1.77 bits per heavy atom. The van der Waals surface area contributed by atoms with Crippen molar-refractivity contribution in [2.75, 3.05) is 17.2 Å². The summed E-state index contributed by atoms with van der Waals surface area (Å²) in [5.74, 6) is 0.858. The van der Waals surface area contributed by atoms with Crippen LogP contribution in [-0.4, -0.2) is 16.5 Å². The normalized spacial score (nSPS) is 13.8. The number of H-pyrrole nitrogens is 1. The molecule has 2 heterocycles. The summed E-state index contributed by atoms with van der Waals surface area (Å²) in [6, 6.07) is 23.1. The van der Waals surface area contributed by atoms with Crippen molar-refractivity contribution in [3.63, 3.8) is 0 Å². The first-order valence-electron chi connectivity index (χ1n) is 8.94. The van der Waals surface area contributed by atoms with Crippen molar-refractivity contribution < 1.29 is 0 Å². The average molecular weight is 340 g/mol. The van der Waals surface area contributed by atoms with Crippen LogP contribution in [0, 0.1) is 0 Å². The molecular formula is C22H20N4. The molecule has 0 spiro atoms. The molecule has 3 aromatic carbocycles. The third-order valence-electron chi connectivity index (χ3n) is 5.16. The second-order valence-corrected chi connectivity index (χ2v) is 6.82. The number of para-hydroxylation sites is 1. The molecule has 0 radical (unpaired) electrons. The number of nitrogens with zero attached hydrogens (tertiary/aromatic N) is 2. The van der Waals surface area contributed by atoms with Gasteiger partial charge in [0.15, 0.2) is 0 Å². The Balaban J connectivity index is 1.50. The van der Waals surface area contributed by atoms with Crippen LogP contribution in [0.3, 0.4) is 0 Å². The highest BCUT2D eigenvalue weighted by Crippen LogP contribution is 2.29. The lowest BCUT2D eigenvalue weighted by atomic mass is 9.99. The van der Waals surface area contributed by atoms with Gasteiger partial charge in [0.25, 0.3) is 0 Å². The molecule has 0 amide bonds. The fourth-order valence-electron chi connectivity index (χ4n) is 3.76. The zero-order chi connectivity index (χ0) is 17.5. The second kappa shape index (κ2) is 5.92. The molecule has 26 heavy (non-hydrogen) atoms. The lowest BCUT2D eigenvalue weighted by Gasteiger charge is -2.31. The van der Waals surface area contributed by atoms with Crippen molar-refractivity contribution in [3.05, 3.63) is 77.9 Å². The number of nitrogen functional groups attached to an aromatic ring is 1. The molecule has 128 valence electrons. The van der Waals surface area contributed by atoms with Crippen molar-refractivity contribution in [2.24, 2.45) is 0 Å². The quantitative estimate of drug-likeness (QED) is 0.533. The van der Waals surface area contributed by atoms with Crippen molar-refractivity contribution in [3.8, 4) is 11.4 Å². The fourth-order valence-corrected chi connectivity index (χ4v) is 3.76. The van der Waals surface area contributed by atoms with E-state index in [0.29, 0.717) is 5.69 Å². The van der Waals surface area contributed by atoms with E-state index in [1.54, 1.807) is 0 Å². The van der Waals surface area contributed by atoms with Gasteiger partial charge in [-0.15, -0.1) is 0 Å². The highest BCUT2D eigenvalue weighted by atomic mass is 15.1. The number of hydrogen-bond donors (Lipinski definition) is 2. The molecular weight excluding hydrogens is 320 g/mol. The molecule has 0 bridgehead atoms. The minimum Gasteiger partial charge on any atom is -0.397 e. The zero-order valence-electron chi connectivity index (χ0n) is 14.4. The van der Waals surface area contributed by atoms with Gasteiger partial charge >= 0.3 is 0 Å². The van der Waals surface area contributed by atoms with E-state index in [4.69, 9.17) is 10.7 Å². The highest BCUT2D eigenvalue weighted by molar-refractivity contribution is 5.89. The van der Waals surface area contributed by atoms with E-state index in [0.717, 1.165) is 41.9 Å². The molecule has 3 N–H and O–H groups in total. The third kappa shape index (κ3) is 2.51. The number of hydrogen-bond acceptors (Lipinski definition) is 3. The maximum Gasteiger partial charge on any atom is 0.138 e. The van der Waals surface area contributed by atoms with Crippen LogP contribution < -0.4 is 10.6 Å². The Morgan fingerprint density at radius 3 is 2.65 bits per heavy atom. The van der Waals surface area contributed by atoms with Crippen LogP contribution in [0.1, 0.15) is 11.1 Å². The number of rotatable bonds is 2. The van der Waals surface area contributed by atoms with Crippen molar-refractivity contribution in [1.29, 1.82) is 0 Å². The standard InChI is InChI=1S/C22H20N4/c23-19-9-4-10-20-21(19)25-22(24-20)16-7-3-8-18(13-16)26-12-11-15-5-1-2-6-17(15)14-26/h1-10,13H,11-12,14,23H2,(H,24,25). The molecule has 0 unspecified atom stereocenters. The number of benzene rings is 3. The van der Waals surface area contributed by atoms with Crippen LogP contribution in [-0.2, 0) is 13.0 Å². The smallest absolute Gasteiger partial charge is 0.138 e. The predicted octanol–water partition coefficient (Wildman–Crippen LogP) is 4.37. The Morgan fingerprint density at radius 1 is 0.923 bits per heavy atom. The third-order valence-corrected chi connectivity index (χ3v) is 5.16. The first kappa shape index (κ1) is 15.0. The van der Waals surface area contributed by atoms with E-state index in [1.165, 1.54) is 16.8 Å². The second-order valence-electron chi connectivity index (χ2n) is 6.82. The predicted molar refractivity (Wildman–Crippen MR) is 107 cm³/mol. The van der Waals surface area contributed by atoms with Gasteiger partial charge in [-0.05, 0) is 41.8 Å². The minimum absolute atomic E-state index is 0.703. The van der Waals surface area contributed by atoms with E-state index in [-0.39, 0.29) is 0 Å². The van der Waals surface area contributed by atoms with E-state index < -0.39 is 0 Å². The molecule has 4 heteroatoms. The maximum absolute atomic E-state index is 6.05. The lowest BCUT2D eigenvalue weighted by molar-refractivity contribution is 0.732. The fraction of sp³-hybridized carbons (Fsp3) is 0.136. The summed E-state index contributed by atoms with van der Waals surface area (Å²) in [4.78, 5) is 10.5. The number of nitrogens with one attached hydrogen (secondary N) is 1. The number of anilines is 2. The van der Waals surface area contributed by atoms with E-state index in [9.17, 15) is 0 Å². The summed E-state index contributed by atoms with van der Waals surface area (Å²) in [5.41, 5.74) is 13.7. The topological polar surface area (TPSA) is 57.9 Å². The van der Waals surface area contributed by atoms with Gasteiger partial charge in [0, 0.05) is 24.3 Å². The van der Waals surface area contributed by atoms with Crippen LogP contribution >= 0.6 is 0 Å². The van der Waals surface area contributed by atoms with Crippen LogP contribution in [0.25, 0.3) is 22.4 Å². The molecule has 4 nitrogen and oxygen atoms in total. The zero-order valence-corrected chi connectivity index (χ0v) is 14.4. The monoisotopic (exact) mass is 340 g/mol. The largest absolute Gasteiger partial charge is 0.397 e. The molecule has 0 aliphatic carbocycles. The van der Waals surface area contributed by atoms with Crippen LogP contribution in [0.2, 0.25) is 0 Å². The summed E-state index contributed by atoms with van der Waals surface area (Å²) in [6.45, 7) is 1.99. The molecule has 5 rings (SSSR count). The van der Waals surface area contributed by atoms with Gasteiger partial charge in [-0.1, -0.05) is 42.5 Å². The van der Waals surface area contributed by atoms with Gasteiger partial charge in [-0.25, -0.2) is 4.98 Å². The molecule has 1 aliphatic rings. The number of fused-ring (bicyclic) bond motifs is 2. The molecule has 0 saturated carbocycles. The maximum atomic E-state index is 6.05. The molecule has 0 saturated heterocycles. The van der Waals surface area contributed by atoms with Crippen LogP contribution in [0.4, 0.5) is 11.4 Å². The van der Waals surface area contributed by atoms with Crippen LogP contribution in [0.15, 0.2) is 66.7 Å². The molecule has 0 atom stereocenters. The van der Waals surface area contributed by atoms with Gasteiger partial charge in [0.05, 0.1) is 11.2 Å². The SMILES string of the molecule is Nc1cccc2[nH]c(-c3cccc(N4CCc5ccccc5C4)c3)nc12. The van der Waals surface area contributed by atoms with Gasteiger partial charge in [0.2, 0.25) is 0 Å². The molecule has 1 aliphatic heterocycles. The summed E-state index contributed by atoms with van der Waals surface area (Å²) in [5, 5.41) is 0. The van der Waals surface area contributed by atoms with Gasteiger partial charge in [-0.3, -0.25) is 0 Å². The summed E-state index contributed by atoms with van der Waals surface area (Å²) in [6.07, 6.45) is 1.08. The summed E-state index contributed by atoms with van der Waals surface area (Å²) < 4.78 is 0. The number of nitrogens with two attached hydrogens (primary N) is 1. The minimum atomic E-state index is 0.703. The van der Waals surface area contributed by atoms with Gasteiger partial charge in [0.1, 0.15) is 11.3 Å².